The fourth-order valence-electron chi connectivity index (χ4n) is 4.80. The topological polar surface area (TPSA) is 78.9 Å². The SMILES string of the molecule is CCCCC1CCCC(=O)O1.CCCCCC1CCCC(=O)O1.CCCCCCC1CCCC(=O)O1. The number of rotatable bonds is 12. The molecule has 3 saturated heterocycles. The number of carbonyl (C=O) groups excluding carboxylic acids is 3. The van der Waals surface area contributed by atoms with Gasteiger partial charge in [-0.2, -0.15) is 0 Å². The highest BCUT2D eigenvalue weighted by molar-refractivity contribution is 5.70. The van der Waals surface area contributed by atoms with Crippen molar-refractivity contribution in [1.29, 1.82) is 0 Å². The second-order valence-corrected chi connectivity index (χ2v) is 10.5. The molecule has 0 spiro atoms. The molecule has 3 aliphatic heterocycles. The van der Waals surface area contributed by atoms with E-state index in [1.165, 1.54) is 57.8 Å². The third-order valence-corrected chi connectivity index (χ3v) is 7.00. The molecule has 0 aromatic carbocycles. The maximum atomic E-state index is 10.9. The quantitative estimate of drug-likeness (QED) is 0.150. The van der Waals surface area contributed by atoms with E-state index >= 15 is 0 Å². The van der Waals surface area contributed by atoms with E-state index in [9.17, 15) is 14.4 Å². The van der Waals surface area contributed by atoms with Gasteiger partial charge in [0, 0.05) is 19.3 Å². The molecule has 3 atom stereocenters. The van der Waals surface area contributed by atoms with Crippen molar-refractivity contribution in [2.24, 2.45) is 0 Å². The molecule has 3 fully saturated rings. The van der Waals surface area contributed by atoms with Crippen LogP contribution in [0.3, 0.4) is 0 Å². The minimum Gasteiger partial charge on any atom is -0.462 e. The van der Waals surface area contributed by atoms with Crippen LogP contribution in [0.4, 0.5) is 0 Å². The Kier molecular flexibility index (Phi) is 19.4. The van der Waals surface area contributed by atoms with Crippen LogP contribution < -0.4 is 0 Å². The van der Waals surface area contributed by atoms with Gasteiger partial charge in [0.05, 0.1) is 0 Å². The molecule has 3 rings (SSSR count). The molecule has 0 aliphatic carbocycles. The van der Waals surface area contributed by atoms with Crippen LogP contribution >= 0.6 is 0 Å². The van der Waals surface area contributed by atoms with Crippen LogP contribution in [0.25, 0.3) is 0 Å². The maximum Gasteiger partial charge on any atom is 0.306 e. The highest BCUT2D eigenvalue weighted by Crippen LogP contribution is 2.20. The molecule has 36 heavy (non-hydrogen) atoms. The average Bonchev–Trinajstić information content (AvgIpc) is 2.87. The normalized spacial score (nSPS) is 23.8. The van der Waals surface area contributed by atoms with Gasteiger partial charge in [-0.3, -0.25) is 14.4 Å². The number of carbonyl (C=O) groups is 3. The fourth-order valence-corrected chi connectivity index (χ4v) is 4.80. The second kappa shape index (κ2) is 21.5. The molecule has 210 valence electrons. The van der Waals surface area contributed by atoms with Crippen molar-refractivity contribution < 1.29 is 28.6 Å². The molecule has 0 amide bonds. The molecule has 0 bridgehead atoms. The van der Waals surface area contributed by atoms with Crippen molar-refractivity contribution in [3.63, 3.8) is 0 Å². The van der Waals surface area contributed by atoms with E-state index in [1.54, 1.807) is 0 Å². The van der Waals surface area contributed by atoms with E-state index in [0.29, 0.717) is 19.3 Å². The van der Waals surface area contributed by atoms with Gasteiger partial charge in [-0.25, -0.2) is 0 Å². The summed E-state index contributed by atoms with van der Waals surface area (Å²) in [5.74, 6) is 0.00634. The van der Waals surface area contributed by atoms with Gasteiger partial charge in [0.25, 0.3) is 0 Å². The highest BCUT2D eigenvalue weighted by Gasteiger charge is 2.20. The summed E-state index contributed by atoms with van der Waals surface area (Å²) in [7, 11) is 0. The summed E-state index contributed by atoms with van der Waals surface area (Å²) in [4.78, 5) is 32.6. The van der Waals surface area contributed by atoms with Gasteiger partial charge in [-0.15, -0.1) is 0 Å². The van der Waals surface area contributed by atoms with Gasteiger partial charge in [-0.1, -0.05) is 65.7 Å². The first-order valence-electron chi connectivity index (χ1n) is 15.1. The molecule has 0 saturated carbocycles. The van der Waals surface area contributed by atoms with E-state index in [1.807, 2.05) is 0 Å². The third-order valence-electron chi connectivity index (χ3n) is 7.00. The lowest BCUT2D eigenvalue weighted by Crippen LogP contribution is -2.23. The first-order valence-corrected chi connectivity index (χ1v) is 15.1. The molecular formula is C30H54O6. The number of esters is 3. The van der Waals surface area contributed by atoms with Gasteiger partial charge in [-0.05, 0) is 70.6 Å². The Morgan fingerprint density at radius 3 is 1.19 bits per heavy atom. The summed E-state index contributed by atoms with van der Waals surface area (Å²) >= 11 is 0. The van der Waals surface area contributed by atoms with E-state index in [2.05, 4.69) is 20.8 Å². The van der Waals surface area contributed by atoms with Crippen LogP contribution in [-0.2, 0) is 28.6 Å². The Morgan fingerprint density at radius 1 is 0.500 bits per heavy atom. The van der Waals surface area contributed by atoms with E-state index < -0.39 is 0 Å². The van der Waals surface area contributed by atoms with Crippen molar-refractivity contribution in [1.82, 2.24) is 0 Å². The Hall–Kier alpha value is -1.59. The van der Waals surface area contributed by atoms with Crippen molar-refractivity contribution in [2.45, 2.75) is 174 Å². The monoisotopic (exact) mass is 510 g/mol. The van der Waals surface area contributed by atoms with Crippen molar-refractivity contribution in [3.05, 3.63) is 0 Å². The van der Waals surface area contributed by atoms with Gasteiger partial charge < -0.3 is 14.2 Å². The van der Waals surface area contributed by atoms with E-state index in [-0.39, 0.29) is 36.2 Å². The van der Waals surface area contributed by atoms with Crippen LogP contribution in [0.2, 0.25) is 0 Å². The molecule has 3 aliphatic rings. The van der Waals surface area contributed by atoms with E-state index in [0.717, 1.165) is 57.8 Å². The lowest BCUT2D eigenvalue weighted by Gasteiger charge is -2.21. The van der Waals surface area contributed by atoms with Crippen LogP contribution in [0, 0.1) is 0 Å². The molecule has 0 N–H and O–H groups in total. The second-order valence-electron chi connectivity index (χ2n) is 10.5. The van der Waals surface area contributed by atoms with Gasteiger partial charge in [0.15, 0.2) is 0 Å². The minimum atomic E-state index is -0.00245. The van der Waals surface area contributed by atoms with Gasteiger partial charge in [0.2, 0.25) is 0 Å². The Bertz CT molecular complexity index is 590. The first kappa shape index (κ1) is 32.4. The third kappa shape index (κ3) is 17.0. The lowest BCUT2D eigenvalue weighted by atomic mass is 10.0. The maximum absolute atomic E-state index is 10.9. The van der Waals surface area contributed by atoms with Crippen LogP contribution in [-0.4, -0.2) is 36.2 Å². The molecule has 3 unspecified atom stereocenters. The summed E-state index contributed by atoms with van der Waals surface area (Å²) in [5.41, 5.74) is 0. The van der Waals surface area contributed by atoms with Crippen molar-refractivity contribution in [3.8, 4) is 0 Å². The Balaban J connectivity index is 0.000000271. The molecule has 0 aromatic rings. The predicted octanol–water partition coefficient (Wildman–Crippen LogP) is 7.99. The number of unbranched alkanes of at least 4 members (excludes halogenated alkanes) is 6. The average molecular weight is 511 g/mol. The number of ether oxygens (including phenoxy) is 3. The zero-order chi connectivity index (χ0) is 26.4. The van der Waals surface area contributed by atoms with Crippen molar-refractivity contribution >= 4 is 17.9 Å². The largest absolute Gasteiger partial charge is 0.462 e. The first-order chi connectivity index (χ1) is 17.5. The van der Waals surface area contributed by atoms with Gasteiger partial charge >= 0.3 is 17.9 Å². The Morgan fingerprint density at radius 2 is 0.833 bits per heavy atom. The lowest BCUT2D eigenvalue weighted by molar-refractivity contribution is -0.155. The number of cyclic esters (lactones) is 3. The zero-order valence-corrected chi connectivity index (χ0v) is 23.5. The van der Waals surface area contributed by atoms with Crippen LogP contribution in [0.1, 0.15) is 156 Å². The van der Waals surface area contributed by atoms with Crippen molar-refractivity contribution in [2.75, 3.05) is 0 Å². The summed E-state index contributed by atoms with van der Waals surface area (Å²) in [6.07, 6.45) is 23.2. The fraction of sp³-hybridized carbons (Fsp3) is 0.900. The summed E-state index contributed by atoms with van der Waals surface area (Å²) in [6, 6.07) is 0. The molecule has 6 heteroatoms. The van der Waals surface area contributed by atoms with E-state index in [4.69, 9.17) is 14.2 Å². The van der Waals surface area contributed by atoms with Crippen LogP contribution in [0.5, 0.6) is 0 Å². The molecule has 6 nitrogen and oxygen atoms in total. The van der Waals surface area contributed by atoms with Crippen LogP contribution in [0.15, 0.2) is 0 Å². The Labute approximate surface area is 220 Å². The van der Waals surface area contributed by atoms with Gasteiger partial charge in [0.1, 0.15) is 18.3 Å². The molecule has 3 heterocycles. The number of hydrogen-bond acceptors (Lipinski definition) is 6. The minimum absolute atomic E-state index is 0.00245. The molecule has 0 aromatic heterocycles. The molecule has 0 radical (unpaired) electrons. The smallest absolute Gasteiger partial charge is 0.306 e. The predicted molar refractivity (Wildman–Crippen MR) is 144 cm³/mol. The highest BCUT2D eigenvalue weighted by atomic mass is 16.6. The molecular weight excluding hydrogens is 456 g/mol. The summed E-state index contributed by atoms with van der Waals surface area (Å²) in [5, 5.41) is 0. The number of hydrogen-bond donors (Lipinski definition) is 0. The summed E-state index contributed by atoms with van der Waals surface area (Å²) in [6.45, 7) is 6.55. The zero-order valence-electron chi connectivity index (χ0n) is 23.5. The summed E-state index contributed by atoms with van der Waals surface area (Å²) < 4.78 is 15.6. The standard InChI is InChI=1S/C11H20O2.C10H18O2.C9H16O2/c1-2-3-4-5-7-10-8-6-9-11(12)13-10;1-2-3-4-6-9-7-5-8-10(11)12-9;1-2-3-5-8-6-4-7-9(10)11-8/h10H,2-9H2,1H3;9H,2-8H2,1H3;8H,2-7H2,1H3.